The van der Waals surface area contributed by atoms with Crippen molar-refractivity contribution in [1.29, 1.82) is 0 Å². The van der Waals surface area contributed by atoms with Crippen LogP contribution in [0.4, 0.5) is 0 Å². The molecule has 4 rings (SSSR count). The van der Waals surface area contributed by atoms with Crippen LogP contribution in [0.25, 0.3) is 16.6 Å². The second kappa shape index (κ2) is 7.61. The van der Waals surface area contributed by atoms with Crippen molar-refractivity contribution >= 4 is 20.7 Å². The summed E-state index contributed by atoms with van der Waals surface area (Å²) in [7, 11) is -3.53. The first-order valence-electron chi connectivity index (χ1n) is 10.3. The molecule has 0 fully saturated rings. The molecule has 0 saturated carbocycles. The van der Waals surface area contributed by atoms with E-state index in [4.69, 9.17) is 0 Å². The quantitative estimate of drug-likeness (QED) is 0.438. The van der Waals surface area contributed by atoms with E-state index in [1.54, 1.807) is 23.0 Å². The van der Waals surface area contributed by atoms with Crippen LogP contribution in [0.1, 0.15) is 43.3 Å². The molecule has 6 heteroatoms. The zero-order chi connectivity index (χ0) is 22.4. The number of hydrogen-bond acceptors (Lipinski definition) is 4. The third kappa shape index (κ3) is 4.26. The Morgan fingerprint density at radius 2 is 1.68 bits per heavy atom. The summed E-state index contributed by atoms with van der Waals surface area (Å²) in [5.74, 6) is -0.127. The number of aromatic nitrogens is 3. The van der Waals surface area contributed by atoms with Crippen LogP contribution in [0, 0.1) is 13.8 Å². The molecule has 0 N–H and O–H groups in total. The molecule has 0 radical (unpaired) electrons. The Bertz CT molecular complexity index is 1360. The van der Waals surface area contributed by atoms with Crippen LogP contribution >= 0.6 is 0 Å². The minimum absolute atomic E-state index is 0.0295. The van der Waals surface area contributed by atoms with Crippen molar-refractivity contribution < 1.29 is 8.42 Å². The summed E-state index contributed by atoms with van der Waals surface area (Å²) in [5, 5.41) is 5.56. The van der Waals surface area contributed by atoms with Gasteiger partial charge in [0.05, 0.1) is 33.2 Å². The SMILES string of the molecule is Cc1cc(-n2nc(C)cc2CS(=O)(=O)c2ccc(C(C)(C)C)cc2)c2cccnc2c1. The Morgan fingerprint density at radius 3 is 2.35 bits per heavy atom. The van der Waals surface area contributed by atoms with E-state index in [1.807, 2.05) is 56.3 Å². The van der Waals surface area contributed by atoms with Crippen LogP contribution in [0.5, 0.6) is 0 Å². The molecule has 0 bridgehead atoms. The fourth-order valence-electron chi connectivity index (χ4n) is 3.78. The third-order valence-electron chi connectivity index (χ3n) is 5.39. The number of benzene rings is 2. The first kappa shape index (κ1) is 21.2. The predicted molar refractivity (Wildman–Crippen MR) is 124 cm³/mol. The molecule has 4 aromatic rings. The highest BCUT2D eigenvalue weighted by Gasteiger charge is 2.22. The van der Waals surface area contributed by atoms with E-state index in [-0.39, 0.29) is 11.2 Å². The van der Waals surface area contributed by atoms with E-state index in [9.17, 15) is 8.42 Å². The number of nitrogens with zero attached hydrogens (tertiary/aromatic N) is 3. The lowest BCUT2D eigenvalue weighted by Crippen LogP contribution is -2.13. The molecular formula is C25H27N3O2S. The average Bonchev–Trinajstić information content (AvgIpc) is 3.06. The lowest BCUT2D eigenvalue weighted by atomic mass is 9.87. The van der Waals surface area contributed by atoms with E-state index in [2.05, 4.69) is 30.9 Å². The zero-order valence-corrected chi connectivity index (χ0v) is 19.4. The van der Waals surface area contributed by atoms with Crippen molar-refractivity contribution in [3.63, 3.8) is 0 Å². The number of sulfone groups is 1. The topological polar surface area (TPSA) is 64.8 Å². The van der Waals surface area contributed by atoms with Gasteiger partial charge in [0.15, 0.2) is 9.84 Å². The molecule has 2 heterocycles. The maximum Gasteiger partial charge on any atom is 0.184 e. The van der Waals surface area contributed by atoms with Gasteiger partial charge in [-0.1, -0.05) is 32.9 Å². The van der Waals surface area contributed by atoms with Crippen molar-refractivity contribution in [1.82, 2.24) is 14.8 Å². The fraction of sp³-hybridized carbons (Fsp3) is 0.280. The van der Waals surface area contributed by atoms with Crippen LogP contribution in [-0.4, -0.2) is 23.2 Å². The largest absolute Gasteiger partial charge is 0.256 e. The number of aryl methyl sites for hydroxylation is 2. The van der Waals surface area contributed by atoms with Gasteiger partial charge in [-0.2, -0.15) is 5.10 Å². The Kier molecular flexibility index (Phi) is 5.21. The third-order valence-corrected chi connectivity index (χ3v) is 7.06. The molecule has 0 unspecified atom stereocenters. The van der Waals surface area contributed by atoms with Gasteiger partial charge in [0.2, 0.25) is 0 Å². The van der Waals surface area contributed by atoms with Crippen molar-refractivity contribution in [2.24, 2.45) is 0 Å². The average molecular weight is 434 g/mol. The highest BCUT2D eigenvalue weighted by molar-refractivity contribution is 7.90. The van der Waals surface area contributed by atoms with E-state index < -0.39 is 9.84 Å². The van der Waals surface area contributed by atoms with Gasteiger partial charge in [0, 0.05) is 11.6 Å². The summed E-state index contributed by atoms with van der Waals surface area (Å²) < 4.78 is 28.2. The van der Waals surface area contributed by atoms with Gasteiger partial charge in [-0.05, 0) is 72.9 Å². The van der Waals surface area contributed by atoms with Crippen LogP contribution in [0.2, 0.25) is 0 Å². The molecule has 0 aliphatic heterocycles. The summed E-state index contributed by atoms with van der Waals surface area (Å²) in [4.78, 5) is 4.78. The summed E-state index contributed by atoms with van der Waals surface area (Å²) in [5.41, 5.74) is 5.21. The molecule has 0 atom stereocenters. The van der Waals surface area contributed by atoms with E-state index in [0.29, 0.717) is 10.6 Å². The van der Waals surface area contributed by atoms with E-state index in [1.165, 1.54) is 0 Å². The first-order valence-corrected chi connectivity index (χ1v) is 11.9. The molecule has 0 saturated heterocycles. The Morgan fingerprint density at radius 1 is 0.968 bits per heavy atom. The molecule has 2 aromatic heterocycles. The summed E-state index contributed by atoms with van der Waals surface area (Å²) in [6, 6.07) is 16.9. The van der Waals surface area contributed by atoms with Crippen molar-refractivity contribution in [3.05, 3.63) is 83.3 Å². The smallest absolute Gasteiger partial charge is 0.184 e. The maximum absolute atomic E-state index is 13.2. The molecule has 160 valence electrons. The maximum atomic E-state index is 13.2. The number of pyridine rings is 1. The van der Waals surface area contributed by atoms with Gasteiger partial charge < -0.3 is 0 Å². The lowest BCUT2D eigenvalue weighted by molar-refractivity contribution is 0.585. The summed E-state index contributed by atoms with van der Waals surface area (Å²) >= 11 is 0. The normalized spacial score (nSPS) is 12.4. The first-order chi connectivity index (χ1) is 14.5. The monoisotopic (exact) mass is 433 g/mol. The summed E-state index contributed by atoms with van der Waals surface area (Å²) in [6.45, 7) is 10.2. The van der Waals surface area contributed by atoms with E-state index in [0.717, 1.165) is 33.4 Å². The molecular weight excluding hydrogens is 406 g/mol. The van der Waals surface area contributed by atoms with Gasteiger partial charge >= 0.3 is 0 Å². The predicted octanol–water partition coefficient (Wildman–Crippen LogP) is 5.31. The van der Waals surface area contributed by atoms with Crippen molar-refractivity contribution in [2.75, 3.05) is 0 Å². The van der Waals surface area contributed by atoms with Crippen molar-refractivity contribution in [3.8, 4) is 5.69 Å². The molecule has 0 aliphatic carbocycles. The zero-order valence-electron chi connectivity index (χ0n) is 18.5. The minimum Gasteiger partial charge on any atom is -0.256 e. The summed E-state index contributed by atoms with van der Waals surface area (Å²) in [6.07, 6.45) is 1.76. The van der Waals surface area contributed by atoms with Crippen LogP contribution < -0.4 is 0 Å². The molecule has 0 aliphatic rings. The molecule has 31 heavy (non-hydrogen) atoms. The van der Waals surface area contributed by atoms with Gasteiger partial charge in [-0.15, -0.1) is 0 Å². The van der Waals surface area contributed by atoms with Crippen LogP contribution in [0.15, 0.2) is 65.7 Å². The fourth-order valence-corrected chi connectivity index (χ4v) is 5.09. The molecule has 0 amide bonds. The highest BCUT2D eigenvalue weighted by Crippen LogP contribution is 2.27. The van der Waals surface area contributed by atoms with Crippen molar-refractivity contribution in [2.45, 2.75) is 50.7 Å². The van der Waals surface area contributed by atoms with Gasteiger partial charge in [0.1, 0.15) is 0 Å². The molecule has 0 spiro atoms. The standard InChI is InChI=1S/C25H27N3O2S/c1-17-13-23-22(7-6-12-26-23)24(14-17)28-20(15-18(2)27-28)16-31(29,30)21-10-8-19(9-11-21)25(3,4)5/h6-15H,16H2,1-5H3. The van der Waals surface area contributed by atoms with Gasteiger partial charge in [0.25, 0.3) is 0 Å². The molecule has 2 aromatic carbocycles. The van der Waals surface area contributed by atoms with Gasteiger partial charge in [-0.25, -0.2) is 13.1 Å². The second-order valence-electron chi connectivity index (χ2n) is 9.08. The highest BCUT2D eigenvalue weighted by atomic mass is 32.2. The second-order valence-corrected chi connectivity index (χ2v) is 11.1. The Balaban J connectivity index is 1.77. The van der Waals surface area contributed by atoms with Crippen LogP contribution in [-0.2, 0) is 21.0 Å². The minimum atomic E-state index is -3.53. The number of fused-ring (bicyclic) bond motifs is 1. The molecule has 5 nitrogen and oxygen atoms in total. The Labute approximate surface area is 183 Å². The number of hydrogen-bond donors (Lipinski definition) is 0. The van der Waals surface area contributed by atoms with E-state index >= 15 is 0 Å². The van der Waals surface area contributed by atoms with Gasteiger partial charge in [-0.3, -0.25) is 4.98 Å². The number of rotatable bonds is 4. The Hall–Kier alpha value is -2.99. The lowest BCUT2D eigenvalue weighted by Gasteiger charge is -2.19. The van der Waals surface area contributed by atoms with Crippen LogP contribution in [0.3, 0.4) is 0 Å².